The molecule has 5 N–H and O–H groups in total. The SMILES string of the molecule is COC(=O)N[C@H]1CC[C@@H](C(=O)N2CCC[C@H]2c2ncc(-c3ccc(-c4ccc(-c5cnc([C@@H]6CCCN6C(=O)[C@@](C)(OC(N)=O)C(C)C)[nH]5)cc4)cc3)[nH]2)CC1. The Morgan fingerprint density at radius 3 is 1.73 bits per heavy atom. The van der Waals surface area contributed by atoms with Crippen LogP contribution in [-0.2, 0) is 19.1 Å². The van der Waals surface area contributed by atoms with Gasteiger partial charge in [-0.1, -0.05) is 62.4 Å². The Morgan fingerprint density at radius 2 is 1.25 bits per heavy atom. The summed E-state index contributed by atoms with van der Waals surface area (Å²) in [7, 11) is 1.36. The summed E-state index contributed by atoms with van der Waals surface area (Å²) >= 11 is 0. The summed E-state index contributed by atoms with van der Waals surface area (Å²) in [6, 6.07) is 16.3. The summed E-state index contributed by atoms with van der Waals surface area (Å²) in [5.41, 5.74) is 9.83. The van der Waals surface area contributed by atoms with Crippen molar-refractivity contribution in [1.29, 1.82) is 0 Å². The minimum absolute atomic E-state index is 0.0433. The Hall–Kier alpha value is -5.66. The zero-order valence-corrected chi connectivity index (χ0v) is 32.5. The van der Waals surface area contributed by atoms with Crippen LogP contribution in [0.25, 0.3) is 33.6 Å². The zero-order chi connectivity index (χ0) is 39.6. The van der Waals surface area contributed by atoms with Gasteiger partial charge in [0.1, 0.15) is 11.6 Å². The fourth-order valence-electron chi connectivity index (χ4n) is 8.45. The molecular weight excluding hydrogens is 713 g/mol. The third kappa shape index (κ3) is 7.87. The van der Waals surface area contributed by atoms with E-state index in [1.807, 2.05) is 24.9 Å². The molecule has 7 rings (SSSR count). The Kier molecular flexibility index (Phi) is 11.2. The van der Waals surface area contributed by atoms with Crippen molar-refractivity contribution in [3.63, 3.8) is 0 Å². The van der Waals surface area contributed by atoms with Crippen molar-refractivity contribution in [3.8, 4) is 33.6 Å². The normalized spacial score (nSPS) is 22.2. The van der Waals surface area contributed by atoms with Gasteiger partial charge < -0.3 is 40.3 Å². The molecule has 4 amide bonds. The number of nitrogens with one attached hydrogen (secondary N) is 3. The number of aromatic amines is 2. The van der Waals surface area contributed by atoms with E-state index in [-0.39, 0.29) is 41.8 Å². The van der Waals surface area contributed by atoms with Crippen molar-refractivity contribution >= 4 is 24.0 Å². The lowest BCUT2D eigenvalue weighted by Gasteiger charge is -2.36. The Bertz CT molecular complexity index is 2030. The van der Waals surface area contributed by atoms with Gasteiger partial charge in [0.15, 0.2) is 5.60 Å². The molecular formula is C42H52N8O6. The molecule has 1 saturated carbocycles. The molecule has 14 nitrogen and oxygen atoms in total. The van der Waals surface area contributed by atoms with Gasteiger partial charge in [0.2, 0.25) is 5.91 Å². The number of nitrogens with zero attached hydrogens (tertiary/aromatic N) is 4. The average Bonchev–Trinajstić information content (AvgIpc) is 4.04. The lowest BCUT2D eigenvalue weighted by Crippen LogP contribution is -2.53. The minimum atomic E-state index is -1.37. The summed E-state index contributed by atoms with van der Waals surface area (Å²) in [5, 5.41) is 2.87. The third-order valence-corrected chi connectivity index (χ3v) is 12.0. The average molecular weight is 765 g/mol. The van der Waals surface area contributed by atoms with Crippen LogP contribution in [0.4, 0.5) is 9.59 Å². The van der Waals surface area contributed by atoms with E-state index in [0.717, 1.165) is 97.4 Å². The maximum Gasteiger partial charge on any atom is 0.407 e. The number of carbonyl (C=O) groups is 4. The number of hydrogen-bond acceptors (Lipinski definition) is 8. The van der Waals surface area contributed by atoms with Gasteiger partial charge in [0.05, 0.1) is 43.0 Å². The molecule has 0 spiro atoms. The van der Waals surface area contributed by atoms with Crippen molar-refractivity contribution in [2.45, 2.75) is 95.9 Å². The Labute approximate surface area is 326 Å². The van der Waals surface area contributed by atoms with Crippen LogP contribution in [-0.4, -0.2) is 85.6 Å². The van der Waals surface area contributed by atoms with Crippen LogP contribution in [0.2, 0.25) is 0 Å². The molecule has 2 aliphatic heterocycles. The molecule has 0 radical (unpaired) electrons. The standard InChI is InChI=1S/C42H52N8O6/c1-25(2)42(3,56-40(43)53)39(52)50-22-6-8-35(50)37-45-24-33(48-37)29-15-11-27(12-16-29)26-9-13-28(14-10-26)32-23-44-36(47-32)34-7-5-21-49(34)38(51)30-17-19-31(20-18-30)46-41(54)55-4/h9-16,23-25,30-31,34-35H,5-8,17-22H2,1-4H3,(H2,43,53)(H,44,47)(H,45,48)(H,46,54)/t30-,31+,34-,35-,42-/m0/s1. The number of carbonyl (C=O) groups excluding carboxylic acids is 4. The summed E-state index contributed by atoms with van der Waals surface area (Å²) < 4.78 is 10.1. The van der Waals surface area contributed by atoms with E-state index >= 15 is 0 Å². The van der Waals surface area contributed by atoms with Gasteiger partial charge in [-0.05, 0) is 80.5 Å². The number of benzene rings is 2. The summed E-state index contributed by atoms with van der Waals surface area (Å²) in [6.45, 7) is 6.56. The first-order valence-corrected chi connectivity index (χ1v) is 19.7. The lowest BCUT2D eigenvalue weighted by atomic mass is 9.85. The maximum atomic E-state index is 13.7. The maximum absolute atomic E-state index is 13.7. The molecule has 0 bridgehead atoms. The number of rotatable bonds is 10. The first kappa shape index (κ1) is 38.6. The second-order valence-corrected chi connectivity index (χ2v) is 15.7. The van der Waals surface area contributed by atoms with E-state index in [9.17, 15) is 19.2 Å². The monoisotopic (exact) mass is 764 g/mol. The van der Waals surface area contributed by atoms with E-state index in [4.69, 9.17) is 20.2 Å². The number of H-pyrrole nitrogens is 2. The van der Waals surface area contributed by atoms with Crippen LogP contribution < -0.4 is 11.1 Å². The smallest absolute Gasteiger partial charge is 0.407 e. The highest BCUT2D eigenvalue weighted by Crippen LogP contribution is 2.38. The highest BCUT2D eigenvalue weighted by molar-refractivity contribution is 5.88. The van der Waals surface area contributed by atoms with Gasteiger partial charge in [-0.25, -0.2) is 19.6 Å². The highest BCUT2D eigenvalue weighted by atomic mass is 16.6. The van der Waals surface area contributed by atoms with Crippen LogP contribution in [0.1, 0.15) is 95.9 Å². The van der Waals surface area contributed by atoms with E-state index in [1.54, 1.807) is 18.0 Å². The first-order valence-electron chi connectivity index (χ1n) is 19.7. The fraction of sp³-hybridized carbons (Fsp3) is 0.476. The van der Waals surface area contributed by atoms with E-state index in [0.29, 0.717) is 12.4 Å². The number of imidazole rings is 2. The van der Waals surface area contributed by atoms with Crippen molar-refractivity contribution < 1.29 is 28.7 Å². The second-order valence-electron chi connectivity index (χ2n) is 15.7. The van der Waals surface area contributed by atoms with Gasteiger partial charge in [-0.2, -0.15) is 0 Å². The molecule has 296 valence electrons. The molecule has 4 aromatic rings. The number of likely N-dealkylation sites (tertiary alicyclic amines) is 2. The lowest BCUT2D eigenvalue weighted by molar-refractivity contribution is -0.155. The number of alkyl carbamates (subject to hydrolysis) is 1. The van der Waals surface area contributed by atoms with Gasteiger partial charge in [0, 0.05) is 31.0 Å². The minimum Gasteiger partial charge on any atom is -0.453 e. The Balaban J connectivity index is 0.974. The van der Waals surface area contributed by atoms with E-state index in [1.165, 1.54) is 7.11 Å². The first-order chi connectivity index (χ1) is 26.9. The van der Waals surface area contributed by atoms with Crippen LogP contribution in [0, 0.1) is 11.8 Å². The third-order valence-electron chi connectivity index (χ3n) is 12.0. The van der Waals surface area contributed by atoms with Crippen LogP contribution in [0.5, 0.6) is 0 Å². The van der Waals surface area contributed by atoms with E-state index in [2.05, 4.69) is 68.8 Å². The molecule has 3 fully saturated rings. The molecule has 0 unspecified atom stereocenters. The Morgan fingerprint density at radius 1 is 0.768 bits per heavy atom. The van der Waals surface area contributed by atoms with Gasteiger partial charge in [0.25, 0.3) is 5.91 Å². The molecule has 2 aromatic heterocycles. The predicted octanol–water partition coefficient (Wildman–Crippen LogP) is 6.89. The largest absolute Gasteiger partial charge is 0.453 e. The molecule has 2 saturated heterocycles. The molecule has 56 heavy (non-hydrogen) atoms. The van der Waals surface area contributed by atoms with Crippen molar-refractivity contribution in [2.24, 2.45) is 17.6 Å². The summed E-state index contributed by atoms with van der Waals surface area (Å²) in [5.74, 6) is 1.10. The second kappa shape index (κ2) is 16.2. The predicted molar refractivity (Wildman–Crippen MR) is 210 cm³/mol. The zero-order valence-electron chi connectivity index (χ0n) is 32.5. The number of amides is 4. The van der Waals surface area contributed by atoms with E-state index < -0.39 is 17.8 Å². The van der Waals surface area contributed by atoms with Crippen molar-refractivity contribution in [3.05, 3.63) is 72.6 Å². The number of nitrogens with two attached hydrogens (primary N) is 1. The molecule has 4 heterocycles. The van der Waals surface area contributed by atoms with Crippen molar-refractivity contribution in [2.75, 3.05) is 20.2 Å². The number of aromatic nitrogens is 4. The molecule has 3 aliphatic rings. The molecule has 14 heteroatoms. The summed E-state index contributed by atoms with van der Waals surface area (Å²) in [6.07, 6.45) is 8.65. The number of hydrogen-bond donors (Lipinski definition) is 4. The van der Waals surface area contributed by atoms with Crippen LogP contribution in [0.15, 0.2) is 60.9 Å². The number of primary amides is 1. The van der Waals surface area contributed by atoms with Gasteiger partial charge >= 0.3 is 12.2 Å². The van der Waals surface area contributed by atoms with Gasteiger partial charge in [-0.15, -0.1) is 0 Å². The van der Waals surface area contributed by atoms with Gasteiger partial charge in [-0.3, -0.25) is 9.59 Å². The summed E-state index contributed by atoms with van der Waals surface area (Å²) in [4.78, 5) is 70.6. The van der Waals surface area contributed by atoms with Crippen molar-refractivity contribution in [1.82, 2.24) is 35.1 Å². The molecule has 3 atom stereocenters. The molecule has 1 aliphatic carbocycles. The number of methoxy groups -OCH3 is 1. The van der Waals surface area contributed by atoms with Crippen LogP contribution >= 0.6 is 0 Å². The van der Waals surface area contributed by atoms with Crippen LogP contribution in [0.3, 0.4) is 0 Å². The fourth-order valence-corrected chi connectivity index (χ4v) is 8.45. The number of ether oxygens (including phenoxy) is 2. The topological polar surface area (TPSA) is 189 Å². The molecule has 2 aromatic carbocycles. The quantitative estimate of drug-likeness (QED) is 0.134. The highest BCUT2D eigenvalue weighted by Gasteiger charge is 2.47.